The van der Waals surface area contributed by atoms with Crippen molar-refractivity contribution in [1.29, 1.82) is 0 Å². The van der Waals surface area contributed by atoms with Gasteiger partial charge in [-0.25, -0.2) is 0 Å². The van der Waals surface area contributed by atoms with Crippen molar-refractivity contribution in [3.05, 3.63) is 28.3 Å². The van der Waals surface area contributed by atoms with Gasteiger partial charge in [-0.3, -0.25) is 10.1 Å². The summed E-state index contributed by atoms with van der Waals surface area (Å²) < 4.78 is 0. The molecule has 1 atom stereocenters. The van der Waals surface area contributed by atoms with Crippen molar-refractivity contribution < 1.29 is 4.92 Å². The van der Waals surface area contributed by atoms with Gasteiger partial charge in [0.25, 0.3) is 5.69 Å². The van der Waals surface area contributed by atoms with Gasteiger partial charge in [-0.2, -0.15) is 0 Å². The van der Waals surface area contributed by atoms with Crippen molar-refractivity contribution in [1.82, 2.24) is 4.90 Å². The molecule has 1 heterocycles. The van der Waals surface area contributed by atoms with Crippen LogP contribution in [0.25, 0.3) is 0 Å². The van der Waals surface area contributed by atoms with Gasteiger partial charge in [0.15, 0.2) is 0 Å². The van der Waals surface area contributed by atoms with Crippen LogP contribution in [0.5, 0.6) is 0 Å². The number of nitrogen functional groups attached to an aromatic ring is 1. The Labute approximate surface area is 112 Å². The molecule has 1 unspecified atom stereocenters. The summed E-state index contributed by atoms with van der Waals surface area (Å²) in [7, 11) is 4.07. The second kappa shape index (κ2) is 5.44. The maximum absolute atomic E-state index is 10.9. The van der Waals surface area contributed by atoms with Crippen LogP contribution in [-0.4, -0.2) is 43.0 Å². The van der Waals surface area contributed by atoms with E-state index in [4.69, 9.17) is 5.73 Å². The molecule has 19 heavy (non-hydrogen) atoms. The summed E-state index contributed by atoms with van der Waals surface area (Å²) in [6, 6.07) is 5.15. The number of rotatable bonds is 3. The molecule has 0 spiro atoms. The first-order chi connectivity index (χ1) is 8.97. The lowest BCUT2D eigenvalue weighted by Crippen LogP contribution is -2.45. The van der Waals surface area contributed by atoms with Crippen molar-refractivity contribution in [2.24, 2.45) is 0 Å². The molecular formula is C13H20N4O2. The lowest BCUT2D eigenvalue weighted by atomic mass is 10.0. The lowest BCUT2D eigenvalue weighted by Gasteiger charge is -2.37. The molecule has 0 saturated carbocycles. The fraction of sp³-hybridized carbons (Fsp3) is 0.538. The van der Waals surface area contributed by atoms with Gasteiger partial charge in [0, 0.05) is 43.1 Å². The van der Waals surface area contributed by atoms with Crippen molar-refractivity contribution in [3.8, 4) is 0 Å². The van der Waals surface area contributed by atoms with Crippen LogP contribution in [-0.2, 0) is 0 Å². The van der Waals surface area contributed by atoms with Crippen molar-refractivity contribution in [2.75, 3.05) is 37.8 Å². The Morgan fingerprint density at radius 1 is 1.47 bits per heavy atom. The van der Waals surface area contributed by atoms with E-state index in [-0.39, 0.29) is 5.69 Å². The Morgan fingerprint density at radius 3 is 2.84 bits per heavy atom. The van der Waals surface area contributed by atoms with Crippen molar-refractivity contribution in [2.45, 2.75) is 18.9 Å². The third-order valence-electron chi connectivity index (χ3n) is 3.69. The standard InChI is InChI=1S/C13H20N4O2/c1-15-5-3-4-11(9-15)16(2)12-6-10(14)7-13(8-12)17(18)19/h6-8,11H,3-5,9,14H2,1-2H3. The van der Waals surface area contributed by atoms with E-state index in [9.17, 15) is 10.1 Å². The minimum Gasteiger partial charge on any atom is -0.398 e. The zero-order valence-electron chi connectivity index (χ0n) is 11.4. The Kier molecular flexibility index (Phi) is 3.90. The van der Waals surface area contributed by atoms with Gasteiger partial charge in [0.1, 0.15) is 0 Å². The molecule has 0 amide bonds. The quantitative estimate of drug-likeness (QED) is 0.511. The maximum Gasteiger partial charge on any atom is 0.273 e. The van der Waals surface area contributed by atoms with E-state index in [1.165, 1.54) is 6.07 Å². The van der Waals surface area contributed by atoms with Crippen LogP contribution in [0, 0.1) is 10.1 Å². The zero-order valence-corrected chi connectivity index (χ0v) is 11.4. The van der Waals surface area contributed by atoms with Crippen LogP contribution in [0.1, 0.15) is 12.8 Å². The molecule has 104 valence electrons. The molecule has 2 rings (SSSR count). The average molecular weight is 264 g/mol. The number of likely N-dealkylation sites (N-methyl/N-ethyl adjacent to an activating group) is 2. The van der Waals surface area contributed by atoms with Gasteiger partial charge < -0.3 is 15.5 Å². The number of hydrogen-bond donors (Lipinski definition) is 1. The highest BCUT2D eigenvalue weighted by atomic mass is 16.6. The molecule has 0 radical (unpaired) electrons. The molecule has 0 bridgehead atoms. The normalized spacial score (nSPS) is 20.2. The molecule has 1 aliphatic heterocycles. The maximum atomic E-state index is 10.9. The molecule has 0 aromatic heterocycles. The van der Waals surface area contributed by atoms with Gasteiger partial charge in [-0.15, -0.1) is 0 Å². The number of hydrogen-bond acceptors (Lipinski definition) is 5. The molecule has 1 aromatic rings. The molecule has 1 fully saturated rings. The van der Waals surface area contributed by atoms with E-state index in [1.807, 2.05) is 7.05 Å². The first-order valence-electron chi connectivity index (χ1n) is 6.43. The van der Waals surface area contributed by atoms with E-state index in [0.29, 0.717) is 11.7 Å². The topological polar surface area (TPSA) is 75.6 Å². The lowest BCUT2D eigenvalue weighted by molar-refractivity contribution is -0.384. The van der Waals surface area contributed by atoms with E-state index in [0.717, 1.165) is 31.6 Å². The molecule has 1 saturated heterocycles. The SMILES string of the molecule is CN1CCCC(N(C)c2cc(N)cc([N+](=O)[O-])c2)C1. The summed E-state index contributed by atoms with van der Waals surface area (Å²) in [6.45, 7) is 2.08. The average Bonchev–Trinajstić information content (AvgIpc) is 2.37. The van der Waals surface area contributed by atoms with Crippen LogP contribution in [0.15, 0.2) is 18.2 Å². The molecule has 6 nitrogen and oxygen atoms in total. The molecule has 6 heteroatoms. The predicted octanol–water partition coefficient (Wildman–Crippen LogP) is 1.71. The monoisotopic (exact) mass is 264 g/mol. The fourth-order valence-electron chi connectivity index (χ4n) is 2.59. The number of nitrogens with zero attached hydrogens (tertiary/aromatic N) is 3. The van der Waals surface area contributed by atoms with Crippen LogP contribution < -0.4 is 10.6 Å². The van der Waals surface area contributed by atoms with Crippen LogP contribution in [0.3, 0.4) is 0 Å². The minimum atomic E-state index is -0.402. The van der Waals surface area contributed by atoms with Crippen LogP contribution >= 0.6 is 0 Å². The van der Waals surface area contributed by atoms with E-state index in [2.05, 4.69) is 16.8 Å². The highest BCUT2D eigenvalue weighted by Crippen LogP contribution is 2.27. The third-order valence-corrected chi connectivity index (χ3v) is 3.69. The molecule has 0 aliphatic carbocycles. The summed E-state index contributed by atoms with van der Waals surface area (Å²) >= 11 is 0. The van der Waals surface area contributed by atoms with E-state index < -0.39 is 4.92 Å². The smallest absolute Gasteiger partial charge is 0.273 e. The minimum absolute atomic E-state index is 0.0472. The highest BCUT2D eigenvalue weighted by Gasteiger charge is 2.22. The first-order valence-corrected chi connectivity index (χ1v) is 6.43. The summed E-state index contributed by atoms with van der Waals surface area (Å²) in [5, 5.41) is 10.9. The number of likely N-dealkylation sites (tertiary alicyclic amines) is 1. The van der Waals surface area contributed by atoms with Gasteiger partial charge >= 0.3 is 0 Å². The third kappa shape index (κ3) is 3.14. The number of nitro benzene ring substituents is 1. The second-order valence-electron chi connectivity index (χ2n) is 5.21. The number of non-ortho nitro benzene ring substituents is 1. The number of nitrogens with two attached hydrogens (primary N) is 1. The Bertz CT molecular complexity index is 478. The molecular weight excluding hydrogens is 244 g/mol. The van der Waals surface area contributed by atoms with E-state index in [1.54, 1.807) is 12.1 Å². The molecule has 2 N–H and O–H groups in total. The largest absolute Gasteiger partial charge is 0.398 e. The van der Waals surface area contributed by atoms with Crippen molar-refractivity contribution in [3.63, 3.8) is 0 Å². The number of anilines is 2. The van der Waals surface area contributed by atoms with Crippen LogP contribution in [0.4, 0.5) is 17.1 Å². The summed E-state index contributed by atoms with van der Waals surface area (Å²) in [4.78, 5) is 14.9. The number of benzene rings is 1. The van der Waals surface area contributed by atoms with Crippen LogP contribution in [0.2, 0.25) is 0 Å². The summed E-state index contributed by atoms with van der Waals surface area (Å²) in [5.41, 5.74) is 7.04. The Balaban J connectivity index is 2.22. The first kappa shape index (κ1) is 13.6. The second-order valence-corrected chi connectivity index (χ2v) is 5.21. The highest BCUT2D eigenvalue weighted by molar-refractivity contribution is 5.62. The Hall–Kier alpha value is -1.82. The number of piperidine rings is 1. The zero-order chi connectivity index (χ0) is 14.0. The molecule has 1 aromatic carbocycles. The van der Waals surface area contributed by atoms with Crippen molar-refractivity contribution >= 4 is 17.1 Å². The Morgan fingerprint density at radius 2 is 2.21 bits per heavy atom. The molecule has 1 aliphatic rings. The van der Waals surface area contributed by atoms with Gasteiger partial charge in [0.2, 0.25) is 0 Å². The summed E-state index contributed by atoms with van der Waals surface area (Å²) in [5.74, 6) is 0. The fourth-order valence-corrected chi connectivity index (χ4v) is 2.59. The van der Waals surface area contributed by atoms with Gasteiger partial charge in [-0.05, 0) is 32.5 Å². The van der Waals surface area contributed by atoms with E-state index >= 15 is 0 Å². The number of nitro groups is 1. The van der Waals surface area contributed by atoms with Gasteiger partial charge in [0.05, 0.1) is 4.92 Å². The predicted molar refractivity (Wildman–Crippen MR) is 76.4 cm³/mol. The van der Waals surface area contributed by atoms with Gasteiger partial charge in [-0.1, -0.05) is 0 Å². The summed E-state index contributed by atoms with van der Waals surface area (Å²) in [6.07, 6.45) is 2.25.